The third-order valence-electron chi connectivity index (χ3n) is 6.57. The summed E-state index contributed by atoms with van der Waals surface area (Å²) in [4.78, 5) is 10.5. The SMILES string of the molecule is C=C.C=C(C)CCCCCCCCCCCCCCC(=C)NC(CCCCCCC(N)C=O)C(=C)O.CC.CC(C)C.CN. The zero-order chi connectivity index (χ0) is 35.0. The minimum absolute atomic E-state index is 0.115. The molecule has 0 saturated heterocycles. The molecule has 0 radical (unpaired) electrons. The molecule has 264 valence electrons. The fourth-order valence-corrected chi connectivity index (χ4v) is 4.32. The van der Waals surface area contributed by atoms with Crippen molar-refractivity contribution in [1.82, 2.24) is 5.32 Å². The van der Waals surface area contributed by atoms with E-state index >= 15 is 0 Å². The number of carbonyl (C=O) groups excluding carboxylic acids is 1. The third-order valence-corrected chi connectivity index (χ3v) is 6.57. The van der Waals surface area contributed by atoms with Crippen LogP contribution >= 0.6 is 0 Å². The van der Waals surface area contributed by atoms with Crippen LogP contribution in [-0.2, 0) is 4.79 Å². The summed E-state index contributed by atoms with van der Waals surface area (Å²) in [5.74, 6) is 1.02. The maximum absolute atomic E-state index is 10.5. The average molecular weight is 624 g/mol. The number of aliphatic hydroxyl groups is 1. The molecule has 0 saturated carbocycles. The number of nitrogens with one attached hydrogen (secondary N) is 1. The van der Waals surface area contributed by atoms with E-state index in [1.165, 1.54) is 89.7 Å². The van der Waals surface area contributed by atoms with E-state index in [1.807, 2.05) is 13.8 Å². The summed E-state index contributed by atoms with van der Waals surface area (Å²) >= 11 is 0. The van der Waals surface area contributed by atoms with Crippen LogP contribution in [0.25, 0.3) is 0 Å². The molecule has 2 atom stereocenters. The molecule has 0 aromatic rings. The van der Waals surface area contributed by atoms with Crippen molar-refractivity contribution in [1.29, 1.82) is 0 Å². The fourth-order valence-electron chi connectivity index (χ4n) is 4.32. The maximum Gasteiger partial charge on any atom is 0.136 e. The van der Waals surface area contributed by atoms with Gasteiger partial charge in [-0.05, 0) is 58.4 Å². The molecular weight excluding hydrogens is 542 g/mol. The molecule has 0 fully saturated rings. The van der Waals surface area contributed by atoms with Crippen molar-refractivity contribution >= 4 is 6.29 Å². The normalized spacial score (nSPS) is 11.0. The number of hydrogen-bond donors (Lipinski definition) is 4. The van der Waals surface area contributed by atoms with Gasteiger partial charge in [-0.25, -0.2) is 0 Å². The number of aliphatic hydroxyl groups excluding tert-OH is 1. The molecule has 5 nitrogen and oxygen atoms in total. The monoisotopic (exact) mass is 624 g/mol. The zero-order valence-electron chi connectivity index (χ0n) is 31.0. The van der Waals surface area contributed by atoms with Gasteiger partial charge >= 0.3 is 0 Å². The number of allylic oxidation sites excluding steroid dienone is 2. The lowest BCUT2D eigenvalue weighted by molar-refractivity contribution is -0.109. The number of aldehydes is 1. The summed E-state index contributed by atoms with van der Waals surface area (Å²) in [7, 11) is 1.50. The van der Waals surface area contributed by atoms with Crippen LogP contribution in [0.15, 0.2) is 49.9 Å². The highest BCUT2D eigenvalue weighted by Gasteiger charge is 2.12. The van der Waals surface area contributed by atoms with Crippen molar-refractivity contribution in [3.05, 3.63) is 49.9 Å². The van der Waals surface area contributed by atoms with Crippen LogP contribution in [0.3, 0.4) is 0 Å². The topological polar surface area (TPSA) is 101 Å². The van der Waals surface area contributed by atoms with Crippen LogP contribution < -0.4 is 16.8 Å². The summed E-state index contributed by atoms with van der Waals surface area (Å²) in [6.07, 6.45) is 24.7. The van der Waals surface area contributed by atoms with Gasteiger partial charge in [0.05, 0.1) is 12.1 Å². The molecule has 0 bridgehead atoms. The van der Waals surface area contributed by atoms with Gasteiger partial charge < -0.3 is 26.7 Å². The summed E-state index contributed by atoms with van der Waals surface area (Å²) in [5, 5.41) is 13.3. The Morgan fingerprint density at radius 1 is 0.682 bits per heavy atom. The van der Waals surface area contributed by atoms with Gasteiger partial charge in [0.25, 0.3) is 0 Å². The Labute approximate surface area is 277 Å². The lowest BCUT2D eigenvalue weighted by atomic mass is 10.0. The molecule has 44 heavy (non-hydrogen) atoms. The molecule has 5 heteroatoms. The van der Waals surface area contributed by atoms with Crippen LogP contribution in [0.5, 0.6) is 0 Å². The quantitative estimate of drug-likeness (QED) is 0.0332. The molecule has 0 rings (SSSR count). The second-order valence-corrected chi connectivity index (χ2v) is 12.0. The van der Waals surface area contributed by atoms with Crippen molar-refractivity contribution in [2.45, 2.75) is 182 Å². The summed E-state index contributed by atoms with van der Waals surface area (Å²) < 4.78 is 0. The van der Waals surface area contributed by atoms with E-state index in [1.54, 1.807) is 0 Å². The first-order valence-corrected chi connectivity index (χ1v) is 17.8. The minimum Gasteiger partial charge on any atom is -0.511 e. The highest BCUT2D eigenvalue weighted by molar-refractivity contribution is 5.56. The van der Waals surface area contributed by atoms with Gasteiger partial charge in [-0.15, -0.1) is 19.7 Å². The Morgan fingerprint density at radius 2 is 1.00 bits per heavy atom. The lowest BCUT2D eigenvalue weighted by Crippen LogP contribution is -2.29. The highest BCUT2D eigenvalue weighted by Crippen LogP contribution is 2.16. The Balaban J connectivity index is -0.000000448. The van der Waals surface area contributed by atoms with Gasteiger partial charge in [-0.1, -0.05) is 143 Å². The Kier molecular flexibility index (Phi) is 53.6. The smallest absolute Gasteiger partial charge is 0.136 e. The molecule has 0 aliphatic carbocycles. The van der Waals surface area contributed by atoms with Gasteiger partial charge in [0.1, 0.15) is 12.0 Å². The number of rotatable bonds is 26. The molecule has 0 amide bonds. The Morgan fingerprint density at radius 3 is 1.34 bits per heavy atom. The average Bonchev–Trinajstić information content (AvgIpc) is 3.00. The standard InChI is InChI=1S/C30H56N2O2.C4H10.C2H6.C2H4.CH5N/c1-26(2)21-17-13-11-9-7-5-6-8-10-12-14-18-22-27(3)32-30(28(4)34)24-20-16-15-19-23-29(31)25-33;1-4(2)3;3*1-2/h25,29-30,32,34H,1,3-24,31H2,2H3;4H,1-3H3;1-2H3;1-2H2;2H2,1H3. The first kappa shape index (κ1) is 51.7. The van der Waals surface area contributed by atoms with Gasteiger partial charge in [-0.3, -0.25) is 0 Å². The highest BCUT2D eigenvalue weighted by atomic mass is 16.3. The van der Waals surface area contributed by atoms with Crippen molar-refractivity contribution in [2.75, 3.05) is 7.05 Å². The molecule has 0 heterocycles. The number of unbranched alkanes of at least 4 members (excludes halogenated alkanes) is 14. The van der Waals surface area contributed by atoms with Gasteiger partial charge in [0.2, 0.25) is 0 Å². The Hall–Kier alpha value is -1.85. The third kappa shape index (κ3) is 52.8. The van der Waals surface area contributed by atoms with E-state index in [0.29, 0.717) is 0 Å². The van der Waals surface area contributed by atoms with E-state index in [0.717, 1.165) is 69.3 Å². The van der Waals surface area contributed by atoms with Crippen LogP contribution in [0.4, 0.5) is 0 Å². The molecule has 0 aliphatic rings. The first-order valence-electron chi connectivity index (χ1n) is 17.8. The molecule has 0 spiro atoms. The van der Waals surface area contributed by atoms with Crippen molar-refractivity contribution in [3.63, 3.8) is 0 Å². The van der Waals surface area contributed by atoms with Crippen molar-refractivity contribution in [3.8, 4) is 0 Å². The lowest BCUT2D eigenvalue weighted by Gasteiger charge is -2.20. The van der Waals surface area contributed by atoms with E-state index in [-0.39, 0.29) is 17.8 Å². The minimum atomic E-state index is -0.327. The largest absolute Gasteiger partial charge is 0.511 e. The first-order chi connectivity index (χ1) is 21.1. The fraction of sp³-hybridized carbons (Fsp3) is 0.769. The van der Waals surface area contributed by atoms with E-state index < -0.39 is 0 Å². The summed E-state index contributed by atoms with van der Waals surface area (Å²) in [6, 6.07) is -0.442. The molecular formula is C39H81N3O2. The Bertz CT molecular complexity index is 601. The predicted octanol–water partition coefficient (Wildman–Crippen LogP) is 11.5. The van der Waals surface area contributed by atoms with Crippen LogP contribution in [0, 0.1) is 5.92 Å². The van der Waals surface area contributed by atoms with Crippen LogP contribution in [0.1, 0.15) is 170 Å². The maximum atomic E-state index is 10.5. The number of carbonyl (C=O) groups is 1. The van der Waals surface area contributed by atoms with Gasteiger partial charge in [-0.2, -0.15) is 0 Å². The van der Waals surface area contributed by atoms with Crippen LogP contribution in [0.2, 0.25) is 0 Å². The van der Waals surface area contributed by atoms with E-state index in [2.05, 4.69) is 71.6 Å². The van der Waals surface area contributed by atoms with Gasteiger partial charge in [0.15, 0.2) is 0 Å². The predicted molar refractivity (Wildman–Crippen MR) is 202 cm³/mol. The summed E-state index contributed by atoms with van der Waals surface area (Å²) in [5.41, 5.74) is 12.4. The molecule has 2 unspecified atom stereocenters. The summed E-state index contributed by atoms with van der Waals surface area (Å²) in [6.45, 7) is 30.5. The van der Waals surface area contributed by atoms with Crippen molar-refractivity contribution in [2.24, 2.45) is 17.4 Å². The molecule has 0 aromatic carbocycles. The zero-order valence-corrected chi connectivity index (χ0v) is 31.0. The van der Waals surface area contributed by atoms with Gasteiger partial charge in [0, 0.05) is 5.70 Å². The number of hydrogen-bond acceptors (Lipinski definition) is 5. The van der Waals surface area contributed by atoms with E-state index in [4.69, 9.17) is 5.73 Å². The van der Waals surface area contributed by atoms with E-state index in [9.17, 15) is 9.90 Å². The molecule has 0 aromatic heterocycles. The second kappa shape index (κ2) is 45.6. The molecule has 0 aliphatic heterocycles. The van der Waals surface area contributed by atoms with Crippen LogP contribution in [-0.4, -0.2) is 30.5 Å². The van der Waals surface area contributed by atoms with Crippen molar-refractivity contribution < 1.29 is 9.90 Å². The molecule has 6 N–H and O–H groups in total. The second-order valence-electron chi connectivity index (χ2n) is 12.0. The number of nitrogens with two attached hydrogens (primary N) is 2.